The lowest BCUT2D eigenvalue weighted by molar-refractivity contribution is -0.384. The fraction of sp³-hybridized carbons (Fsp3) is 0.0769. The van der Waals surface area contributed by atoms with E-state index in [-0.39, 0.29) is 16.4 Å². The van der Waals surface area contributed by atoms with Crippen LogP contribution in [0, 0.1) is 10.1 Å². The normalized spacial score (nSPS) is 10.0. The third-order valence-corrected chi connectivity index (χ3v) is 3.32. The fourth-order valence-corrected chi connectivity index (χ4v) is 2.07. The average Bonchev–Trinajstić information content (AvgIpc) is 3.00. The molecule has 0 aliphatic heterocycles. The molecular formula is C13H9N3O5S. The highest BCUT2D eigenvalue weighted by Crippen LogP contribution is 2.14. The number of nitrogens with zero attached hydrogens (tertiary/aromatic N) is 2. The number of ketones is 2. The summed E-state index contributed by atoms with van der Waals surface area (Å²) in [6.07, 6.45) is 0.849. The minimum absolute atomic E-state index is 0.126. The van der Waals surface area contributed by atoms with E-state index < -0.39 is 28.8 Å². The van der Waals surface area contributed by atoms with Crippen LogP contribution in [0.5, 0.6) is 0 Å². The number of thiazole rings is 1. The average molecular weight is 319 g/mol. The maximum Gasteiger partial charge on any atom is 0.294 e. The Labute approximate surface area is 127 Å². The number of rotatable bonds is 6. The third-order valence-electron chi connectivity index (χ3n) is 2.63. The lowest BCUT2D eigenvalue weighted by Gasteiger charge is -2.01. The van der Waals surface area contributed by atoms with Gasteiger partial charge in [-0.1, -0.05) is 0 Å². The third kappa shape index (κ3) is 3.79. The number of aromatic nitrogens is 1. The van der Waals surface area contributed by atoms with Gasteiger partial charge in [0.15, 0.2) is 10.9 Å². The quantitative estimate of drug-likeness (QED) is 0.285. The van der Waals surface area contributed by atoms with Gasteiger partial charge in [-0.05, 0) is 12.1 Å². The maximum atomic E-state index is 11.9. The van der Waals surface area contributed by atoms with Crippen LogP contribution in [0.15, 0.2) is 35.8 Å². The van der Waals surface area contributed by atoms with Crippen molar-refractivity contribution in [3.05, 3.63) is 51.5 Å². The number of non-ortho nitro benzene ring substituents is 1. The number of nitrogens with one attached hydrogen (secondary N) is 1. The van der Waals surface area contributed by atoms with Crippen molar-refractivity contribution in [2.24, 2.45) is 0 Å². The Morgan fingerprint density at radius 2 is 1.91 bits per heavy atom. The molecule has 9 heteroatoms. The van der Waals surface area contributed by atoms with Crippen molar-refractivity contribution in [2.45, 2.75) is 6.42 Å². The van der Waals surface area contributed by atoms with Crippen molar-refractivity contribution in [3.63, 3.8) is 0 Å². The van der Waals surface area contributed by atoms with Crippen LogP contribution in [0.1, 0.15) is 16.8 Å². The van der Waals surface area contributed by atoms with E-state index in [4.69, 9.17) is 0 Å². The smallest absolute Gasteiger partial charge is 0.294 e. The number of benzene rings is 1. The van der Waals surface area contributed by atoms with Crippen LogP contribution in [0.25, 0.3) is 0 Å². The molecule has 0 bridgehead atoms. The number of amides is 1. The van der Waals surface area contributed by atoms with E-state index in [9.17, 15) is 24.5 Å². The largest absolute Gasteiger partial charge is 0.295 e. The lowest BCUT2D eigenvalue weighted by atomic mass is 10.1. The van der Waals surface area contributed by atoms with Crippen LogP contribution in [0.2, 0.25) is 0 Å². The van der Waals surface area contributed by atoms with E-state index in [1.54, 1.807) is 5.38 Å². The van der Waals surface area contributed by atoms with Crippen LogP contribution in [0.4, 0.5) is 10.8 Å². The van der Waals surface area contributed by atoms with Gasteiger partial charge < -0.3 is 0 Å². The van der Waals surface area contributed by atoms with Gasteiger partial charge in [-0.3, -0.25) is 29.8 Å². The molecule has 22 heavy (non-hydrogen) atoms. The molecule has 112 valence electrons. The molecule has 1 amide bonds. The van der Waals surface area contributed by atoms with Crippen LogP contribution < -0.4 is 5.32 Å². The minimum Gasteiger partial charge on any atom is -0.295 e. The standard InChI is InChI=1S/C13H9N3O5S/c17-10(8-1-3-9(4-2-8)16(20)21)7-11(18)12(19)15-13-14-5-6-22-13/h1-6H,7H2,(H,14,15,19). The molecule has 0 saturated carbocycles. The van der Waals surface area contributed by atoms with Crippen molar-refractivity contribution < 1.29 is 19.3 Å². The van der Waals surface area contributed by atoms with Gasteiger partial charge in [0.25, 0.3) is 11.6 Å². The molecule has 0 saturated heterocycles. The predicted octanol–water partition coefficient (Wildman–Crippen LogP) is 1.83. The zero-order valence-electron chi connectivity index (χ0n) is 11.0. The van der Waals surface area contributed by atoms with E-state index in [1.165, 1.54) is 18.3 Å². The molecule has 1 aromatic carbocycles. The summed E-state index contributed by atoms with van der Waals surface area (Å²) in [5.41, 5.74) is -0.0367. The maximum absolute atomic E-state index is 11.9. The van der Waals surface area contributed by atoms with Crippen molar-refractivity contribution in [1.82, 2.24) is 4.98 Å². The Kier molecular flexibility index (Phi) is 4.69. The van der Waals surface area contributed by atoms with E-state index in [2.05, 4.69) is 10.3 Å². The molecule has 0 unspecified atom stereocenters. The van der Waals surface area contributed by atoms with E-state index in [0.29, 0.717) is 0 Å². The number of nitro groups is 1. The van der Waals surface area contributed by atoms with Crippen molar-refractivity contribution >= 4 is 39.6 Å². The summed E-state index contributed by atoms with van der Waals surface area (Å²) in [5, 5.41) is 14.7. The van der Waals surface area contributed by atoms with Crippen LogP contribution in [-0.4, -0.2) is 27.4 Å². The van der Waals surface area contributed by atoms with Crippen LogP contribution in [0.3, 0.4) is 0 Å². The number of carbonyl (C=O) groups excluding carboxylic acids is 3. The second-order valence-electron chi connectivity index (χ2n) is 4.12. The molecule has 1 aromatic heterocycles. The highest BCUT2D eigenvalue weighted by molar-refractivity contribution is 7.13. The van der Waals surface area contributed by atoms with Gasteiger partial charge >= 0.3 is 0 Å². The molecule has 1 heterocycles. The highest BCUT2D eigenvalue weighted by Gasteiger charge is 2.20. The first-order valence-electron chi connectivity index (χ1n) is 5.98. The van der Waals surface area contributed by atoms with Gasteiger partial charge in [-0.25, -0.2) is 4.98 Å². The van der Waals surface area contributed by atoms with Crippen molar-refractivity contribution in [3.8, 4) is 0 Å². The van der Waals surface area contributed by atoms with Crippen molar-refractivity contribution in [2.75, 3.05) is 5.32 Å². The molecule has 0 spiro atoms. The van der Waals surface area contributed by atoms with E-state index in [1.807, 2.05) is 0 Å². The van der Waals surface area contributed by atoms with Crippen LogP contribution in [-0.2, 0) is 9.59 Å². The summed E-state index contributed by atoms with van der Waals surface area (Å²) < 4.78 is 0. The molecular weight excluding hydrogens is 310 g/mol. The number of Topliss-reactive ketones (excluding diaryl/α,β-unsaturated/α-hetero) is 2. The Morgan fingerprint density at radius 3 is 2.45 bits per heavy atom. The molecule has 0 atom stereocenters. The van der Waals surface area contributed by atoms with E-state index in [0.717, 1.165) is 23.5 Å². The van der Waals surface area contributed by atoms with Gasteiger partial charge in [0.05, 0.1) is 11.3 Å². The monoisotopic (exact) mass is 319 g/mol. The van der Waals surface area contributed by atoms with Gasteiger partial charge in [0.2, 0.25) is 5.78 Å². The van der Waals surface area contributed by atoms with E-state index >= 15 is 0 Å². The zero-order valence-corrected chi connectivity index (χ0v) is 11.8. The van der Waals surface area contributed by atoms with Crippen molar-refractivity contribution in [1.29, 1.82) is 0 Å². The first-order chi connectivity index (χ1) is 10.5. The van der Waals surface area contributed by atoms with Gasteiger partial charge in [-0.2, -0.15) is 0 Å². The molecule has 0 fully saturated rings. The Hall–Kier alpha value is -2.94. The summed E-state index contributed by atoms with van der Waals surface area (Å²) in [7, 11) is 0. The second kappa shape index (κ2) is 6.68. The Morgan fingerprint density at radius 1 is 1.23 bits per heavy atom. The second-order valence-corrected chi connectivity index (χ2v) is 5.01. The summed E-state index contributed by atoms with van der Waals surface area (Å²) in [6.45, 7) is 0. The summed E-state index contributed by atoms with van der Waals surface area (Å²) >= 11 is 1.14. The fourth-order valence-electron chi connectivity index (χ4n) is 1.55. The number of hydrogen-bond donors (Lipinski definition) is 1. The summed E-state index contributed by atoms with van der Waals surface area (Å²) in [5.74, 6) is -2.42. The number of hydrogen-bond acceptors (Lipinski definition) is 7. The van der Waals surface area contributed by atoms with Gasteiger partial charge in [-0.15, -0.1) is 11.3 Å². The molecule has 0 aliphatic rings. The SMILES string of the molecule is O=C(CC(=O)c1ccc([N+](=O)[O-])cc1)C(=O)Nc1nccs1. The van der Waals surface area contributed by atoms with Gasteiger partial charge in [0, 0.05) is 29.3 Å². The molecule has 1 N–H and O–H groups in total. The number of carbonyl (C=O) groups is 3. The Balaban J connectivity index is 1.97. The molecule has 2 rings (SSSR count). The molecule has 0 aliphatic carbocycles. The molecule has 8 nitrogen and oxygen atoms in total. The molecule has 2 aromatic rings. The van der Waals surface area contributed by atoms with Crippen LogP contribution >= 0.6 is 11.3 Å². The first kappa shape index (κ1) is 15.4. The topological polar surface area (TPSA) is 119 Å². The summed E-state index contributed by atoms with van der Waals surface area (Å²) in [4.78, 5) is 48.8. The number of anilines is 1. The highest BCUT2D eigenvalue weighted by atomic mass is 32.1. The van der Waals surface area contributed by atoms with Gasteiger partial charge in [0.1, 0.15) is 0 Å². The zero-order chi connectivity index (χ0) is 16.1. The Bertz CT molecular complexity index is 725. The molecule has 0 radical (unpaired) electrons. The first-order valence-corrected chi connectivity index (χ1v) is 6.86. The predicted molar refractivity (Wildman–Crippen MR) is 77.8 cm³/mol. The summed E-state index contributed by atoms with van der Waals surface area (Å²) in [6, 6.07) is 4.81. The lowest BCUT2D eigenvalue weighted by Crippen LogP contribution is -2.25. The minimum atomic E-state index is -0.926. The number of nitro benzene ring substituents is 1.